The topological polar surface area (TPSA) is 79.4 Å². The molecule has 2 unspecified atom stereocenters. The predicted molar refractivity (Wildman–Crippen MR) is 117 cm³/mol. The fourth-order valence-electron chi connectivity index (χ4n) is 4.16. The van der Waals surface area contributed by atoms with E-state index in [0.29, 0.717) is 21.6 Å². The van der Waals surface area contributed by atoms with Gasteiger partial charge >= 0.3 is 0 Å². The number of benzene rings is 1. The number of likely N-dealkylation sites (tertiary alicyclic amines) is 1. The molecular weight excluding hydrogens is 445 g/mol. The molecule has 9 heteroatoms. The Labute approximate surface area is 188 Å². The van der Waals surface area contributed by atoms with E-state index in [1.54, 1.807) is 18.3 Å². The fourth-order valence-corrected chi connectivity index (χ4v) is 5.39. The van der Waals surface area contributed by atoms with Crippen molar-refractivity contribution in [3.8, 4) is 0 Å². The summed E-state index contributed by atoms with van der Waals surface area (Å²) in [7, 11) is 0. The fraction of sp³-hybridized carbons (Fsp3) is 0.429. The maximum Gasteiger partial charge on any atom is 0.233 e. The Bertz CT molecular complexity index is 970. The smallest absolute Gasteiger partial charge is 0.233 e. The summed E-state index contributed by atoms with van der Waals surface area (Å²) in [6.07, 6.45) is 5.84. The number of carbonyl (C=O) groups excluding carboxylic acids is 3. The first-order valence-electron chi connectivity index (χ1n) is 9.96. The van der Waals surface area contributed by atoms with Gasteiger partial charge in [0, 0.05) is 40.5 Å². The molecule has 2 aliphatic rings. The van der Waals surface area contributed by atoms with E-state index in [2.05, 4.69) is 10.3 Å². The van der Waals surface area contributed by atoms with Crippen molar-refractivity contribution < 1.29 is 14.4 Å². The van der Waals surface area contributed by atoms with Gasteiger partial charge in [-0.2, -0.15) is 0 Å². The highest BCUT2D eigenvalue weighted by Gasteiger charge is 2.47. The zero-order valence-corrected chi connectivity index (χ0v) is 18.5. The van der Waals surface area contributed by atoms with Gasteiger partial charge in [0.1, 0.15) is 0 Å². The highest BCUT2D eigenvalue weighted by atomic mass is 35.5. The first-order chi connectivity index (χ1) is 14.4. The second-order valence-corrected chi connectivity index (χ2v) is 9.63. The molecule has 4 rings (SSSR count). The minimum atomic E-state index is -0.271. The number of rotatable bonds is 6. The van der Waals surface area contributed by atoms with Gasteiger partial charge in [-0.1, -0.05) is 36.0 Å². The van der Waals surface area contributed by atoms with E-state index in [9.17, 15) is 14.4 Å². The Morgan fingerprint density at radius 1 is 1.17 bits per heavy atom. The lowest BCUT2D eigenvalue weighted by atomic mass is 9.81. The first-order valence-corrected chi connectivity index (χ1v) is 11.5. The van der Waals surface area contributed by atoms with Crippen LogP contribution in [0.2, 0.25) is 10.0 Å². The minimum Gasteiger partial charge on any atom is -0.302 e. The molecule has 2 aromatic rings. The van der Waals surface area contributed by atoms with Crippen LogP contribution in [-0.4, -0.2) is 34.2 Å². The SMILES string of the molecule is O=C(CCN1C(=O)C2CCCCC2C1=O)Nc1ncc(Cc2cc(Cl)ccc2Cl)s1. The normalized spacial score (nSPS) is 21.1. The molecule has 1 aliphatic carbocycles. The number of nitrogens with one attached hydrogen (secondary N) is 1. The van der Waals surface area contributed by atoms with Crippen molar-refractivity contribution >= 4 is 57.4 Å². The largest absolute Gasteiger partial charge is 0.302 e. The molecular formula is C21H21Cl2N3O3S. The summed E-state index contributed by atoms with van der Waals surface area (Å²) in [5.74, 6) is -0.879. The molecule has 3 amide bonds. The van der Waals surface area contributed by atoms with E-state index in [0.717, 1.165) is 36.1 Å². The van der Waals surface area contributed by atoms with Crippen LogP contribution in [0.4, 0.5) is 5.13 Å². The highest BCUT2D eigenvalue weighted by Crippen LogP contribution is 2.38. The number of nitrogens with zero attached hydrogens (tertiary/aromatic N) is 2. The van der Waals surface area contributed by atoms with Crippen LogP contribution in [0.5, 0.6) is 0 Å². The van der Waals surface area contributed by atoms with Gasteiger partial charge in [-0.3, -0.25) is 19.3 Å². The summed E-state index contributed by atoms with van der Waals surface area (Å²) in [4.78, 5) is 43.8. The van der Waals surface area contributed by atoms with Gasteiger partial charge in [0.05, 0.1) is 11.8 Å². The second kappa shape index (κ2) is 9.04. The predicted octanol–water partition coefficient (Wildman–Crippen LogP) is 4.54. The molecule has 1 N–H and O–H groups in total. The quantitative estimate of drug-likeness (QED) is 0.634. The Balaban J connectivity index is 1.31. The Hall–Kier alpha value is -1.96. The minimum absolute atomic E-state index is 0.0615. The van der Waals surface area contributed by atoms with Gasteiger partial charge in [0.2, 0.25) is 17.7 Å². The molecule has 6 nitrogen and oxygen atoms in total. The van der Waals surface area contributed by atoms with Crippen molar-refractivity contribution in [2.24, 2.45) is 11.8 Å². The molecule has 30 heavy (non-hydrogen) atoms. The zero-order chi connectivity index (χ0) is 21.3. The van der Waals surface area contributed by atoms with Crippen molar-refractivity contribution in [3.05, 3.63) is 44.9 Å². The van der Waals surface area contributed by atoms with Crippen LogP contribution in [0.3, 0.4) is 0 Å². The third kappa shape index (κ3) is 4.53. The van der Waals surface area contributed by atoms with Crippen LogP contribution in [0.1, 0.15) is 42.5 Å². The van der Waals surface area contributed by atoms with Gasteiger partial charge in [-0.15, -0.1) is 11.3 Å². The highest BCUT2D eigenvalue weighted by molar-refractivity contribution is 7.15. The summed E-state index contributed by atoms with van der Waals surface area (Å²) in [6, 6.07) is 5.29. The van der Waals surface area contributed by atoms with Crippen molar-refractivity contribution in [2.75, 3.05) is 11.9 Å². The third-order valence-electron chi connectivity index (χ3n) is 5.67. The monoisotopic (exact) mass is 465 g/mol. The number of hydrogen-bond donors (Lipinski definition) is 1. The van der Waals surface area contributed by atoms with Gasteiger partial charge in [-0.25, -0.2) is 4.98 Å². The summed E-state index contributed by atoms with van der Waals surface area (Å²) >= 11 is 13.6. The average molecular weight is 466 g/mol. The lowest BCUT2D eigenvalue weighted by molar-refractivity contribution is -0.140. The maximum absolute atomic E-state index is 12.5. The van der Waals surface area contributed by atoms with E-state index in [-0.39, 0.29) is 42.5 Å². The van der Waals surface area contributed by atoms with Crippen molar-refractivity contribution in [3.63, 3.8) is 0 Å². The van der Waals surface area contributed by atoms with Gasteiger partial charge in [0.15, 0.2) is 5.13 Å². The van der Waals surface area contributed by atoms with Gasteiger partial charge in [-0.05, 0) is 36.6 Å². The zero-order valence-electron chi connectivity index (χ0n) is 16.2. The van der Waals surface area contributed by atoms with Gasteiger partial charge in [0.25, 0.3) is 0 Å². The number of carbonyl (C=O) groups is 3. The molecule has 1 saturated heterocycles. The summed E-state index contributed by atoms with van der Waals surface area (Å²) in [6.45, 7) is 0.118. The first kappa shape index (κ1) is 21.3. The van der Waals surface area contributed by atoms with Gasteiger partial charge < -0.3 is 5.32 Å². The van der Waals surface area contributed by atoms with Crippen LogP contribution < -0.4 is 5.32 Å². The van der Waals surface area contributed by atoms with E-state index in [4.69, 9.17) is 23.2 Å². The molecule has 0 bridgehead atoms. The summed E-state index contributed by atoms with van der Waals surface area (Å²) in [5.41, 5.74) is 0.887. The van der Waals surface area contributed by atoms with Crippen molar-refractivity contribution in [2.45, 2.75) is 38.5 Å². The number of halogens is 2. The molecule has 0 spiro atoms. The molecule has 2 atom stereocenters. The lowest BCUT2D eigenvalue weighted by Crippen LogP contribution is -2.34. The van der Waals surface area contributed by atoms with Crippen molar-refractivity contribution in [1.29, 1.82) is 0 Å². The standard InChI is InChI=1S/C21H21Cl2N3O3S/c22-13-5-6-17(23)12(9-13)10-14-11-24-21(30-14)25-18(27)7-8-26-19(28)15-3-1-2-4-16(15)20(26)29/h5-6,9,11,15-16H,1-4,7-8,10H2,(H,24,25,27). The number of amides is 3. The van der Waals surface area contributed by atoms with Crippen molar-refractivity contribution in [1.82, 2.24) is 9.88 Å². The number of imide groups is 1. The second-order valence-electron chi connectivity index (χ2n) is 7.67. The van der Waals surface area contributed by atoms with Crippen LogP contribution in [0, 0.1) is 11.8 Å². The van der Waals surface area contributed by atoms with E-state index in [1.807, 2.05) is 6.07 Å². The van der Waals surface area contributed by atoms with E-state index >= 15 is 0 Å². The van der Waals surface area contributed by atoms with E-state index < -0.39 is 0 Å². The molecule has 2 heterocycles. The molecule has 158 valence electrons. The molecule has 0 radical (unpaired) electrons. The lowest BCUT2D eigenvalue weighted by Gasteiger charge is -2.19. The molecule has 1 aromatic carbocycles. The number of anilines is 1. The average Bonchev–Trinajstić information content (AvgIpc) is 3.26. The number of aromatic nitrogens is 1. The summed E-state index contributed by atoms with van der Waals surface area (Å²) < 4.78 is 0. The molecule has 1 aliphatic heterocycles. The summed E-state index contributed by atoms with van der Waals surface area (Å²) in [5, 5.41) is 4.46. The Morgan fingerprint density at radius 2 is 1.87 bits per heavy atom. The van der Waals surface area contributed by atoms with Crippen LogP contribution >= 0.6 is 34.5 Å². The maximum atomic E-state index is 12.5. The van der Waals surface area contributed by atoms with E-state index in [1.165, 1.54) is 16.2 Å². The number of hydrogen-bond acceptors (Lipinski definition) is 5. The molecule has 1 saturated carbocycles. The third-order valence-corrected chi connectivity index (χ3v) is 7.18. The molecule has 1 aromatic heterocycles. The molecule has 2 fully saturated rings. The number of fused-ring (bicyclic) bond motifs is 1. The Morgan fingerprint density at radius 3 is 2.57 bits per heavy atom. The number of thiazole rings is 1. The van der Waals surface area contributed by atoms with Crippen LogP contribution in [-0.2, 0) is 20.8 Å². The van der Waals surface area contributed by atoms with Crippen LogP contribution in [0.25, 0.3) is 0 Å². The van der Waals surface area contributed by atoms with Crippen LogP contribution in [0.15, 0.2) is 24.4 Å². The Kier molecular flexibility index (Phi) is 6.41.